The van der Waals surface area contributed by atoms with Crippen LogP contribution in [0.2, 0.25) is 15.1 Å². The molecule has 0 aliphatic carbocycles. The lowest BCUT2D eigenvalue weighted by atomic mass is 9.89. The maximum Gasteiger partial charge on any atom is 0.0642 e. The third-order valence-corrected chi connectivity index (χ3v) is 3.81. The smallest absolute Gasteiger partial charge is 0.0642 e. The second kappa shape index (κ2) is 5.82. The van der Waals surface area contributed by atoms with Gasteiger partial charge in [0, 0.05) is 10.9 Å². The van der Waals surface area contributed by atoms with E-state index >= 15 is 0 Å². The molecule has 0 fully saturated rings. The second-order valence-corrected chi connectivity index (χ2v) is 4.92. The Morgan fingerprint density at radius 2 is 1.62 bits per heavy atom. The Morgan fingerprint density at radius 3 is 2.19 bits per heavy atom. The normalized spacial score (nSPS) is 13.9. The zero-order chi connectivity index (χ0) is 12.3. The number of hydrogen-bond donors (Lipinski definition) is 0. The molecule has 1 aromatic carbocycles. The zero-order valence-electron chi connectivity index (χ0n) is 9.44. The fourth-order valence-corrected chi connectivity index (χ4v) is 2.44. The molecular formula is C13H13Cl3. The molecule has 3 heteroatoms. The summed E-state index contributed by atoms with van der Waals surface area (Å²) in [5, 5.41) is 1.71. The van der Waals surface area contributed by atoms with Gasteiger partial charge < -0.3 is 0 Å². The Labute approximate surface area is 112 Å². The van der Waals surface area contributed by atoms with Gasteiger partial charge in [-0.25, -0.2) is 0 Å². The van der Waals surface area contributed by atoms with Crippen LogP contribution in [0.25, 0.3) is 0 Å². The van der Waals surface area contributed by atoms with Gasteiger partial charge >= 0.3 is 0 Å². The van der Waals surface area contributed by atoms with E-state index in [-0.39, 0.29) is 11.8 Å². The molecule has 2 atom stereocenters. The number of halogens is 3. The molecule has 0 aliphatic rings. The number of benzene rings is 1. The molecule has 0 saturated heterocycles. The fourth-order valence-electron chi connectivity index (χ4n) is 1.56. The van der Waals surface area contributed by atoms with E-state index in [1.165, 1.54) is 0 Å². The summed E-state index contributed by atoms with van der Waals surface area (Å²) in [5.74, 6) is 6.36. The number of hydrogen-bond acceptors (Lipinski definition) is 0. The quantitative estimate of drug-likeness (QED) is 0.500. The van der Waals surface area contributed by atoms with Gasteiger partial charge in [0.1, 0.15) is 0 Å². The minimum Gasteiger partial charge on any atom is -0.106 e. The van der Waals surface area contributed by atoms with Crippen molar-refractivity contribution < 1.29 is 0 Å². The highest BCUT2D eigenvalue weighted by Crippen LogP contribution is 2.39. The highest BCUT2D eigenvalue weighted by molar-refractivity contribution is 6.44. The van der Waals surface area contributed by atoms with Crippen molar-refractivity contribution in [3.63, 3.8) is 0 Å². The highest BCUT2D eigenvalue weighted by Gasteiger charge is 2.20. The van der Waals surface area contributed by atoms with Crippen LogP contribution in [0.5, 0.6) is 0 Å². The summed E-state index contributed by atoms with van der Waals surface area (Å²) < 4.78 is 0. The molecule has 2 unspecified atom stereocenters. The first-order valence-corrected chi connectivity index (χ1v) is 6.18. The first-order valence-electron chi connectivity index (χ1n) is 5.04. The zero-order valence-corrected chi connectivity index (χ0v) is 11.7. The predicted molar refractivity (Wildman–Crippen MR) is 72.5 cm³/mol. The van der Waals surface area contributed by atoms with E-state index < -0.39 is 0 Å². The summed E-state index contributed by atoms with van der Waals surface area (Å²) in [6.45, 7) is 5.93. The molecule has 0 nitrogen and oxygen atoms in total. The molecule has 16 heavy (non-hydrogen) atoms. The first-order chi connectivity index (χ1) is 7.49. The molecule has 0 radical (unpaired) electrons. The summed E-state index contributed by atoms with van der Waals surface area (Å²) in [7, 11) is 0. The standard InChI is InChI=1S/C13H13Cl3/c1-4-5-8(2)9(3)12-10(14)6-7-11(15)13(12)16/h6-9H,1-3H3. The Kier molecular flexibility index (Phi) is 4.99. The molecule has 0 saturated carbocycles. The van der Waals surface area contributed by atoms with Crippen LogP contribution in [-0.4, -0.2) is 0 Å². The van der Waals surface area contributed by atoms with Gasteiger partial charge in [-0.3, -0.25) is 0 Å². The van der Waals surface area contributed by atoms with Gasteiger partial charge in [0.2, 0.25) is 0 Å². The minimum atomic E-state index is 0.158. The van der Waals surface area contributed by atoms with Crippen molar-refractivity contribution in [2.45, 2.75) is 26.7 Å². The van der Waals surface area contributed by atoms with Crippen LogP contribution >= 0.6 is 34.8 Å². The monoisotopic (exact) mass is 274 g/mol. The Bertz CT molecular complexity index is 440. The molecule has 0 heterocycles. The molecule has 0 amide bonds. The maximum absolute atomic E-state index is 6.17. The van der Waals surface area contributed by atoms with Crippen LogP contribution in [0.15, 0.2) is 12.1 Å². The van der Waals surface area contributed by atoms with Crippen LogP contribution in [0.3, 0.4) is 0 Å². The van der Waals surface area contributed by atoms with Crippen molar-refractivity contribution in [3.05, 3.63) is 32.8 Å². The van der Waals surface area contributed by atoms with Gasteiger partial charge in [-0.1, -0.05) is 54.6 Å². The van der Waals surface area contributed by atoms with Gasteiger partial charge in [-0.2, -0.15) is 0 Å². The van der Waals surface area contributed by atoms with Crippen molar-refractivity contribution in [1.82, 2.24) is 0 Å². The lowest BCUT2D eigenvalue weighted by Gasteiger charge is -2.19. The van der Waals surface area contributed by atoms with Crippen molar-refractivity contribution in [1.29, 1.82) is 0 Å². The van der Waals surface area contributed by atoms with Crippen molar-refractivity contribution in [3.8, 4) is 11.8 Å². The molecule has 1 rings (SSSR count). The second-order valence-electron chi connectivity index (χ2n) is 3.73. The molecule has 0 aliphatic heterocycles. The van der Waals surface area contributed by atoms with Crippen molar-refractivity contribution in [2.24, 2.45) is 5.92 Å². The van der Waals surface area contributed by atoms with Gasteiger partial charge in [0.15, 0.2) is 0 Å². The average molecular weight is 276 g/mol. The van der Waals surface area contributed by atoms with Crippen LogP contribution in [-0.2, 0) is 0 Å². The Morgan fingerprint density at radius 1 is 1.06 bits per heavy atom. The third-order valence-electron chi connectivity index (χ3n) is 2.66. The summed E-state index contributed by atoms with van der Waals surface area (Å²) in [4.78, 5) is 0. The van der Waals surface area contributed by atoms with Gasteiger partial charge in [-0.05, 0) is 30.5 Å². The van der Waals surface area contributed by atoms with Crippen LogP contribution in [0.4, 0.5) is 0 Å². The van der Waals surface area contributed by atoms with Crippen molar-refractivity contribution >= 4 is 34.8 Å². The first kappa shape index (κ1) is 13.7. The number of rotatable bonds is 2. The Hall–Kier alpha value is -0.350. The van der Waals surface area contributed by atoms with E-state index in [1.807, 2.05) is 6.92 Å². The molecular weight excluding hydrogens is 263 g/mol. The molecule has 0 aromatic heterocycles. The highest BCUT2D eigenvalue weighted by atomic mass is 35.5. The summed E-state index contributed by atoms with van der Waals surface area (Å²) in [6.07, 6.45) is 0. The van der Waals surface area contributed by atoms with E-state index in [0.717, 1.165) is 5.56 Å². The predicted octanol–water partition coefficient (Wildman–Crippen LogP) is 5.41. The van der Waals surface area contributed by atoms with Crippen LogP contribution in [0, 0.1) is 17.8 Å². The van der Waals surface area contributed by atoms with Gasteiger partial charge in [0.25, 0.3) is 0 Å². The average Bonchev–Trinajstić information content (AvgIpc) is 2.24. The summed E-state index contributed by atoms with van der Waals surface area (Å²) in [6, 6.07) is 3.48. The van der Waals surface area contributed by atoms with E-state index in [1.54, 1.807) is 12.1 Å². The third kappa shape index (κ3) is 2.86. The molecule has 0 bridgehead atoms. The summed E-state index contributed by atoms with van der Waals surface area (Å²) in [5.41, 5.74) is 0.881. The fraction of sp³-hybridized carbons (Fsp3) is 0.385. The van der Waals surface area contributed by atoms with Crippen LogP contribution in [0.1, 0.15) is 32.3 Å². The molecule has 0 spiro atoms. The van der Waals surface area contributed by atoms with E-state index in [2.05, 4.69) is 25.7 Å². The van der Waals surface area contributed by atoms with Gasteiger partial charge in [-0.15, -0.1) is 5.92 Å². The minimum absolute atomic E-state index is 0.158. The largest absolute Gasteiger partial charge is 0.106 e. The molecule has 0 N–H and O–H groups in total. The summed E-state index contributed by atoms with van der Waals surface area (Å²) >= 11 is 18.3. The topological polar surface area (TPSA) is 0 Å². The lowest BCUT2D eigenvalue weighted by Crippen LogP contribution is -2.05. The van der Waals surface area contributed by atoms with Gasteiger partial charge in [0.05, 0.1) is 10.0 Å². The Balaban J connectivity index is 3.20. The lowest BCUT2D eigenvalue weighted by molar-refractivity contribution is 0.610. The van der Waals surface area contributed by atoms with E-state index in [9.17, 15) is 0 Å². The maximum atomic E-state index is 6.17. The van der Waals surface area contributed by atoms with E-state index in [0.29, 0.717) is 15.1 Å². The van der Waals surface area contributed by atoms with E-state index in [4.69, 9.17) is 34.8 Å². The molecule has 1 aromatic rings. The SMILES string of the molecule is CC#CC(C)C(C)c1c(Cl)ccc(Cl)c1Cl. The van der Waals surface area contributed by atoms with Crippen molar-refractivity contribution in [2.75, 3.05) is 0 Å². The van der Waals surface area contributed by atoms with Crippen LogP contribution < -0.4 is 0 Å². The molecule has 86 valence electrons.